The van der Waals surface area contributed by atoms with Crippen molar-refractivity contribution >= 4 is 22.1 Å². The molecule has 0 aromatic rings. The summed E-state index contributed by atoms with van der Waals surface area (Å²) >= 11 is 0. The molecule has 382 valence electrons. The Morgan fingerprint density at radius 2 is 0.697 bits per heavy atom. The summed E-state index contributed by atoms with van der Waals surface area (Å²) in [6.07, 6.45) is 42.9. The van der Waals surface area contributed by atoms with Crippen LogP contribution in [0.1, 0.15) is 310 Å². The molecular formula is C55H106Na2O8S. The summed E-state index contributed by atoms with van der Waals surface area (Å²) in [5.74, 6) is -4.21. The predicted octanol–water partition coefficient (Wildman–Crippen LogP) is 8.98. The molecule has 0 fully saturated rings. The maximum absolute atomic E-state index is 14.2. The van der Waals surface area contributed by atoms with Gasteiger partial charge in [-0.3, -0.25) is 4.55 Å². The molecule has 2 atom stereocenters. The zero-order chi connectivity index (χ0) is 47.5. The van der Waals surface area contributed by atoms with Crippen molar-refractivity contribution in [1.82, 2.24) is 0 Å². The Morgan fingerprint density at radius 3 is 0.985 bits per heavy atom. The van der Waals surface area contributed by atoms with Crippen LogP contribution in [-0.4, -0.2) is 42.9 Å². The Morgan fingerprint density at radius 1 is 0.424 bits per heavy atom. The van der Waals surface area contributed by atoms with E-state index in [2.05, 4.69) is 27.7 Å². The van der Waals surface area contributed by atoms with Crippen molar-refractivity contribution in [3.05, 3.63) is 0 Å². The number of carboxylic acid groups (broad SMARTS) is 2. The van der Waals surface area contributed by atoms with E-state index in [1.165, 1.54) is 128 Å². The van der Waals surface area contributed by atoms with Gasteiger partial charge in [0.25, 0.3) is 10.1 Å². The standard InChI is InChI=1S/C55H108O8S.2Na/c1-5-9-13-17-21-25-29-33-37-41-47-54(52(56)57,48-42-38-34-30-26-22-18-14-10-6-2)55(53(58)59,63-49-43-39-35-31-27-23-19-15-11-7-3)51(46-44-50-64(60,61)62)45-40-36-32-28-24-20-16-12-8-4;;/h51H,5-50H2,1-4H3,(H,56,57)(H,58,59)(H,60,61,62);;/q;2*+1/p-2. The summed E-state index contributed by atoms with van der Waals surface area (Å²) in [5, 5.41) is 28.3. The van der Waals surface area contributed by atoms with Crippen molar-refractivity contribution in [2.45, 2.75) is 316 Å². The third kappa shape index (κ3) is 35.8. The van der Waals surface area contributed by atoms with Crippen LogP contribution in [0.15, 0.2) is 0 Å². The topological polar surface area (TPSA) is 144 Å². The number of ether oxygens (including phenoxy) is 1. The molecule has 0 saturated heterocycles. The smallest absolute Gasteiger partial charge is 0.549 e. The van der Waals surface area contributed by atoms with Crippen LogP contribution in [0.2, 0.25) is 0 Å². The van der Waals surface area contributed by atoms with Crippen LogP contribution in [0.3, 0.4) is 0 Å². The van der Waals surface area contributed by atoms with E-state index in [4.69, 9.17) is 4.74 Å². The summed E-state index contributed by atoms with van der Waals surface area (Å²) in [6, 6.07) is 0. The van der Waals surface area contributed by atoms with Gasteiger partial charge in [0.05, 0.1) is 17.7 Å². The van der Waals surface area contributed by atoms with E-state index >= 15 is 0 Å². The molecule has 0 aliphatic carbocycles. The monoisotopic (exact) mass is 973 g/mol. The molecule has 0 heterocycles. The minimum absolute atomic E-state index is 0. The van der Waals surface area contributed by atoms with Crippen LogP contribution in [0, 0.1) is 11.3 Å². The van der Waals surface area contributed by atoms with E-state index in [0.29, 0.717) is 32.1 Å². The molecule has 11 heteroatoms. The van der Waals surface area contributed by atoms with Gasteiger partial charge in [-0.25, -0.2) is 0 Å². The van der Waals surface area contributed by atoms with Gasteiger partial charge in [0.1, 0.15) is 5.60 Å². The molecular weight excluding hydrogens is 867 g/mol. The average molecular weight is 973 g/mol. The number of carboxylic acids is 2. The number of aliphatic carboxylic acids is 2. The van der Waals surface area contributed by atoms with Crippen LogP contribution in [0.5, 0.6) is 0 Å². The molecule has 0 aromatic carbocycles. The van der Waals surface area contributed by atoms with Gasteiger partial charge in [0.15, 0.2) is 0 Å². The van der Waals surface area contributed by atoms with Crippen molar-refractivity contribution in [2.75, 3.05) is 12.4 Å². The van der Waals surface area contributed by atoms with E-state index in [9.17, 15) is 32.8 Å². The Balaban J connectivity index is -0.0000198. The van der Waals surface area contributed by atoms with Crippen molar-refractivity contribution in [1.29, 1.82) is 0 Å². The van der Waals surface area contributed by atoms with Crippen LogP contribution < -0.4 is 69.3 Å². The first kappa shape index (κ1) is 71.1. The van der Waals surface area contributed by atoms with Gasteiger partial charge < -0.3 is 24.5 Å². The van der Waals surface area contributed by atoms with E-state index in [0.717, 1.165) is 96.3 Å². The minimum Gasteiger partial charge on any atom is -0.549 e. The fraction of sp³-hybridized carbons (Fsp3) is 0.964. The molecule has 0 amide bonds. The summed E-state index contributed by atoms with van der Waals surface area (Å²) in [5.41, 5.74) is -4.03. The van der Waals surface area contributed by atoms with Gasteiger partial charge in [-0.1, -0.05) is 272 Å². The molecule has 0 radical (unpaired) electrons. The molecule has 0 aliphatic heterocycles. The van der Waals surface area contributed by atoms with Gasteiger partial charge in [-0.05, 0) is 44.4 Å². The fourth-order valence-electron chi connectivity index (χ4n) is 10.3. The second-order valence-electron chi connectivity index (χ2n) is 20.0. The maximum Gasteiger partial charge on any atom is 1.00 e. The Labute approximate surface area is 454 Å². The van der Waals surface area contributed by atoms with Crippen molar-refractivity contribution < 1.29 is 96.6 Å². The molecule has 66 heavy (non-hydrogen) atoms. The minimum atomic E-state index is -4.32. The Kier molecular flexibility index (Phi) is 53.2. The number of unbranched alkanes of at least 4 members (excludes halogenated alkanes) is 35. The first-order chi connectivity index (χ1) is 31.0. The third-order valence-electron chi connectivity index (χ3n) is 14.3. The molecule has 2 unspecified atom stereocenters. The normalized spacial score (nSPS) is 13.2. The summed E-state index contributed by atoms with van der Waals surface area (Å²) in [7, 11) is -4.32. The molecule has 0 bridgehead atoms. The first-order valence-corrected chi connectivity index (χ1v) is 29.6. The molecule has 0 aromatic heterocycles. The molecule has 0 rings (SSSR count). The summed E-state index contributed by atoms with van der Waals surface area (Å²) < 4.78 is 40.6. The van der Waals surface area contributed by atoms with Crippen molar-refractivity contribution in [2.24, 2.45) is 11.3 Å². The molecule has 8 nitrogen and oxygen atoms in total. The maximum atomic E-state index is 14.2. The summed E-state index contributed by atoms with van der Waals surface area (Å²) in [6.45, 7) is 8.98. The van der Waals surface area contributed by atoms with Crippen LogP contribution in [0.25, 0.3) is 0 Å². The van der Waals surface area contributed by atoms with Crippen LogP contribution in [0.4, 0.5) is 0 Å². The van der Waals surface area contributed by atoms with Gasteiger partial charge in [-0.15, -0.1) is 0 Å². The quantitative estimate of drug-likeness (QED) is 0.0362. The summed E-state index contributed by atoms with van der Waals surface area (Å²) in [4.78, 5) is 28.3. The molecule has 0 saturated carbocycles. The largest absolute Gasteiger partial charge is 1.00 e. The third-order valence-corrected chi connectivity index (χ3v) is 15.1. The second kappa shape index (κ2) is 49.4. The van der Waals surface area contributed by atoms with Gasteiger partial charge in [0.2, 0.25) is 0 Å². The predicted molar refractivity (Wildman–Crippen MR) is 267 cm³/mol. The van der Waals surface area contributed by atoms with E-state index in [-0.39, 0.29) is 91.4 Å². The molecule has 0 aliphatic rings. The number of carbonyl (C=O) groups excluding carboxylic acids is 2. The fourth-order valence-corrected chi connectivity index (χ4v) is 10.9. The van der Waals surface area contributed by atoms with E-state index < -0.39 is 44.7 Å². The van der Waals surface area contributed by atoms with Gasteiger partial charge in [-0.2, -0.15) is 8.42 Å². The zero-order valence-corrected chi connectivity index (χ0v) is 49.6. The average Bonchev–Trinajstić information content (AvgIpc) is 3.26. The number of rotatable bonds is 52. The number of carbonyl (C=O) groups is 2. The van der Waals surface area contributed by atoms with E-state index in [1.54, 1.807) is 0 Å². The van der Waals surface area contributed by atoms with E-state index in [1.807, 2.05) is 0 Å². The molecule has 0 spiro atoms. The van der Waals surface area contributed by atoms with Crippen molar-refractivity contribution in [3.63, 3.8) is 0 Å². The molecule has 1 N–H and O–H groups in total. The van der Waals surface area contributed by atoms with Gasteiger partial charge >= 0.3 is 59.1 Å². The van der Waals surface area contributed by atoms with Gasteiger partial charge in [0, 0.05) is 12.0 Å². The first-order valence-electron chi connectivity index (χ1n) is 28.0. The SMILES string of the molecule is CCCCCCCCCCCCOC(C(=O)[O-])(C(CCCCCCCCCCC)CCCS(=O)(=O)O)C(CCCCCCCCCCCC)(CCCCCCCCCCCC)C(=O)[O-].[Na+].[Na+]. The number of hydrogen-bond donors (Lipinski definition) is 1. The zero-order valence-electron chi connectivity index (χ0n) is 44.8. The second-order valence-corrected chi connectivity index (χ2v) is 21.6. The Bertz CT molecular complexity index is 1150. The Hall–Kier alpha value is 0.810. The van der Waals surface area contributed by atoms with Crippen molar-refractivity contribution in [3.8, 4) is 0 Å². The van der Waals surface area contributed by atoms with Crippen LogP contribution in [-0.2, 0) is 24.4 Å². The van der Waals surface area contributed by atoms with Crippen LogP contribution >= 0.6 is 0 Å². The number of hydrogen-bond acceptors (Lipinski definition) is 7.